The summed E-state index contributed by atoms with van der Waals surface area (Å²) in [7, 11) is 0. The number of piperidine rings is 2. The number of hydrogen-bond acceptors (Lipinski definition) is 4. The predicted octanol–water partition coefficient (Wildman–Crippen LogP) is 5.32. The molecule has 8 heteroatoms. The van der Waals surface area contributed by atoms with Crippen molar-refractivity contribution in [3.05, 3.63) is 54.1 Å². The fourth-order valence-corrected chi connectivity index (χ4v) is 5.09. The van der Waals surface area contributed by atoms with Gasteiger partial charge in [0.05, 0.1) is 0 Å². The highest BCUT2D eigenvalue weighted by Crippen LogP contribution is 2.28. The van der Waals surface area contributed by atoms with Gasteiger partial charge in [0.15, 0.2) is 0 Å². The number of halogens is 3. The molecule has 0 spiro atoms. The lowest BCUT2D eigenvalue weighted by atomic mass is 10.00. The molecular formula is C27H34F3N3O2. The molecule has 0 bridgehead atoms. The molecule has 4 rings (SSSR count). The van der Waals surface area contributed by atoms with Gasteiger partial charge in [-0.25, -0.2) is 0 Å². The average molecular weight is 490 g/mol. The number of hydrogen-bond donors (Lipinski definition) is 1. The average Bonchev–Trinajstić information content (AvgIpc) is 2.87. The van der Waals surface area contributed by atoms with Gasteiger partial charge in [0, 0.05) is 18.2 Å². The summed E-state index contributed by atoms with van der Waals surface area (Å²) in [6.07, 6.45) is 2.71. The van der Waals surface area contributed by atoms with Gasteiger partial charge in [0.25, 0.3) is 5.91 Å². The van der Waals surface area contributed by atoms with Gasteiger partial charge in [-0.15, -0.1) is 13.2 Å². The molecule has 2 aliphatic rings. The van der Waals surface area contributed by atoms with E-state index in [1.54, 1.807) is 30.3 Å². The minimum atomic E-state index is -4.73. The number of rotatable bonds is 8. The summed E-state index contributed by atoms with van der Waals surface area (Å²) >= 11 is 0. The maximum absolute atomic E-state index is 12.5. The highest BCUT2D eigenvalue weighted by molar-refractivity contribution is 5.94. The van der Waals surface area contributed by atoms with Crippen molar-refractivity contribution in [2.75, 3.05) is 39.3 Å². The first-order valence-corrected chi connectivity index (χ1v) is 12.6. The summed E-state index contributed by atoms with van der Waals surface area (Å²) in [5, 5.41) is 2.97. The first-order valence-electron chi connectivity index (χ1n) is 12.6. The van der Waals surface area contributed by atoms with Gasteiger partial charge in [-0.2, -0.15) is 0 Å². The van der Waals surface area contributed by atoms with Crippen LogP contribution in [0.2, 0.25) is 0 Å². The van der Waals surface area contributed by atoms with E-state index < -0.39 is 6.36 Å². The molecule has 0 unspecified atom stereocenters. The number of likely N-dealkylation sites (tertiary alicyclic amines) is 2. The number of carbonyl (C=O) groups is 1. The highest BCUT2D eigenvalue weighted by atomic mass is 19.4. The Morgan fingerprint density at radius 2 is 1.66 bits per heavy atom. The van der Waals surface area contributed by atoms with Gasteiger partial charge in [-0.1, -0.05) is 30.7 Å². The van der Waals surface area contributed by atoms with E-state index in [1.165, 1.54) is 63.4 Å². The lowest BCUT2D eigenvalue weighted by molar-refractivity contribution is -0.274. The Morgan fingerprint density at radius 3 is 2.34 bits per heavy atom. The van der Waals surface area contributed by atoms with Gasteiger partial charge in [-0.3, -0.25) is 4.79 Å². The molecule has 2 heterocycles. The maximum Gasteiger partial charge on any atom is 0.573 e. The van der Waals surface area contributed by atoms with E-state index in [1.807, 2.05) is 0 Å². The second kappa shape index (κ2) is 11.9. The quantitative estimate of drug-likeness (QED) is 0.510. The Kier molecular flexibility index (Phi) is 8.68. The van der Waals surface area contributed by atoms with Crippen molar-refractivity contribution < 1.29 is 22.7 Å². The van der Waals surface area contributed by atoms with Gasteiger partial charge in [-0.05, 0) is 100 Å². The van der Waals surface area contributed by atoms with E-state index >= 15 is 0 Å². The monoisotopic (exact) mass is 489 g/mol. The molecule has 0 aromatic heterocycles. The molecule has 1 amide bonds. The Labute approximate surface area is 205 Å². The molecule has 2 fully saturated rings. The summed E-state index contributed by atoms with van der Waals surface area (Å²) in [6.45, 7) is 6.39. The molecule has 0 atom stereocenters. The van der Waals surface area contributed by atoms with Crippen LogP contribution in [0.3, 0.4) is 0 Å². The molecule has 2 aliphatic heterocycles. The standard InChI is InChI=1S/C27H34F3N3O2/c28-27(29,30)35-25-7-4-6-23(20-25)21-8-10-22(11-9-21)26(34)31-14-5-15-32-18-12-24(13-19-32)33-16-2-1-3-17-33/h4,6-11,20,24H,1-3,5,12-19H2,(H,31,34). The molecule has 1 N–H and O–H groups in total. The van der Waals surface area contributed by atoms with Crippen LogP contribution in [0.5, 0.6) is 5.75 Å². The van der Waals surface area contributed by atoms with Gasteiger partial charge in [0.2, 0.25) is 0 Å². The minimum Gasteiger partial charge on any atom is -0.406 e. The van der Waals surface area contributed by atoms with Crippen LogP contribution in [0.25, 0.3) is 11.1 Å². The molecule has 0 aliphatic carbocycles. The van der Waals surface area contributed by atoms with Crippen molar-refractivity contribution in [2.24, 2.45) is 0 Å². The van der Waals surface area contributed by atoms with Crippen molar-refractivity contribution in [1.29, 1.82) is 0 Å². The fraction of sp³-hybridized carbons (Fsp3) is 0.519. The van der Waals surface area contributed by atoms with Crippen molar-refractivity contribution in [3.63, 3.8) is 0 Å². The third-order valence-corrected chi connectivity index (χ3v) is 6.95. The zero-order chi connectivity index (χ0) is 24.7. The third kappa shape index (κ3) is 7.70. The van der Waals surface area contributed by atoms with Crippen molar-refractivity contribution in [1.82, 2.24) is 15.1 Å². The first-order chi connectivity index (χ1) is 16.9. The second-order valence-electron chi connectivity index (χ2n) is 9.43. The summed E-state index contributed by atoms with van der Waals surface area (Å²) in [6, 6.07) is 13.4. The summed E-state index contributed by atoms with van der Waals surface area (Å²) in [4.78, 5) is 17.7. The van der Waals surface area contributed by atoms with Crippen LogP contribution in [-0.4, -0.2) is 67.4 Å². The summed E-state index contributed by atoms with van der Waals surface area (Å²) in [5.41, 5.74) is 1.82. The van der Waals surface area contributed by atoms with E-state index in [0.717, 1.165) is 32.1 Å². The number of nitrogens with one attached hydrogen (secondary N) is 1. The molecule has 5 nitrogen and oxygen atoms in total. The van der Waals surface area contributed by atoms with Crippen LogP contribution in [0.1, 0.15) is 48.9 Å². The van der Waals surface area contributed by atoms with Gasteiger partial charge >= 0.3 is 6.36 Å². The molecule has 2 aromatic rings. The van der Waals surface area contributed by atoms with Crippen LogP contribution >= 0.6 is 0 Å². The van der Waals surface area contributed by atoms with E-state index in [4.69, 9.17) is 0 Å². The topological polar surface area (TPSA) is 44.8 Å². The number of amides is 1. The normalized spacial score (nSPS) is 18.4. The Hall–Kier alpha value is -2.58. The molecular weight excluding hydrogens is 455 g/mol. The molecule has 35 heavy (non-hydrogen) atoms. The molecule has 2 saturated heterocycles. The SMILES string of the molecule is O=C(NCCCN1CCC(N2CCCCC2)CC1)c1ccc(-c2cccc(OC(F)(F)F)c2)cc1. The summed E-state index contributed by atoms with van der Waals surface area (Å²) < 4.78 is 41.4. The maximum atomic E-state index is 12.5. The fourth-order valence-electron chi connectivity index (χ4n) is 5.09. The third-order valence-electron chi connectivity index (χ3n) is 6.95. The number of benzene rings is 2. The van der Waals surface area contributed by atoms with Gasteiger partial charge in [0.1, 0.15) is 5.75 Å². The number of nitrogens with zero attached hydrogens (tertiary/aromatic N) is 2. The summed E-state index contributed by atoms with van der Waals surface area (Å²) in [5.74, 6) is -0.415. The van der Waals surface area contributed by atoms with E-state index in [2.05, 4.69) is 19.9 Å². The zero-order valence-corrected chi connectivity index (χ0v) is 20.0. The second-order valence-corrected chi connectivity index (χ2v) is 9.43. The largest absolute Gasteiger partial charge is 0.573 e. The van der Waals surface area contributed by atoms with Crippen LogP contribution in [-0.2, 0) is 0 Å². The van der Waals surface area contributed by atoms with Crippen LogP contribution in [0.4, 0.5) is 13.2 Å². The van der Waals surface area contributed by atoms with E-state index in [0.29, 0.717) is 23.2 Å². The lowest BCUT2D eigenvalue weighted by Gasteiger charge is -2.40. The number of alkyl halides is 3. The Bertz CT molecular complexity index is 951. The van der Waals surface area contributed by atoms with Crippen LogP contribution < -0.4 is 10.1 Å². The number of carbonyl (C=O) groups excluding carboxylic acids is 1. The highest BCUT2D eigenvalue weighted by Gasteiger charge is 2.31. The first kappa shape index (κ1) is 25.5. The Balaban J connectivity index is 1.18. The lowest BCUT2D eigenvalue weighted by Crippen LogP contribution is -2.47. The minimum absolute atomic E-state index is 0.144. The van der Waals surface area contributed by atoms with E-state index in [-0.39, 0.29) is 11.7 Å². The van der Waals surface area contributed by atoms with Gasteiger partial charge < -0.3 is 19.9 Å². The molecule has 2 aromatic carbocycles. The molecule has 0 saturated carbocycles. The van der Waals surface area contributed by atoms with Crippen LogP contribution in [0.15, 0.2) is 48.5 Å². The molecule has 190 valence electrons. The predicted molar refractivity (Wildman–Crippen MR) is 130 cm³/mol. The zero-order valence-electron chi connectivity index (χ0n) is 20.0. The Morgan fingerprint density at radius 1 is 0.943 bits per heavy atom. The van der Waals surface area contributed by atoms with Crippen molar-refractivity contribution in [2.45, 2.75) is 50.9 Å². The van der Waals surface area contributed by atoms with Crippen molar-refractivity contribution in [3.8, 4) is 16.9 Å². The van der Waals surface area contributed by atoms with E-state index in [9.17, 15) is 18.0 Å². The number of ether oxygens (including phenoxy) is 1. The van der Waals surface area contributed by atoms with Crippen molar-refractivity contribution >= 4 is 5.91 Å². The molecule has 0 radical (unpaired) electrons. The smallest absolute Gasteiger partial charge is 0.406 e. The van der Waals surface area contributed by atoms with Crippen LogP contribution in [0, 0.1) is 0 Å².